The predicted octanol–water partition coefficient (Wildman–Crippen LogP) is 3.47. The van der Waals surface area contributed by atoms with E-state index in [0.29, 0.717) is 11.3 Å². The number of amides is 1. The van der Waals surface area contributed by atoms with Gasteiger partial charge in [-0.3, -0.25) is 4.79 Å². The summed E-state index contributed by atoms with van der Waals surface area (Å²) in [5.74, 6) is 0.290. The molecule has 1 aliphatic carbocycles. The smallest absolute Gasteiger partial charge is 0.407 e. The lowest BCUT2D eigenvalue weighted by Crippen LogP contribution is -2.40. The average molecular weight is 343 g/mol. The monoisotopic (exact) mass is 343 g/mol. The first-order chi connectivity index (χ1) is 11.8. The average Bonchev–Trinajstić information content (AvgIpc) is 2.55. The molecule has 1 aromatic carbocycles. The number of rotatable bonds is 2. The van der Waals surface area contributed by atoms with Crippen LogP contribution in [0.3, 0.4) is 0 Å². The van der Waals surface area contributed by atoms with Crippen molar-refractivity contribution in [2.45, 2.75) is 64.0 Å². The largest absolute Gasteiger partial charge is 0.444 e. The molecule has 1 amide bonds. The maximum absolute atomic E-state index is 11.9. The molecule has 1 saturated carbocycles. The summed E-state index contributed by atoms with van der Waals surface area (Å²) in [7, 11) is 0. The Morgan fingerprint density at radius 1 is 1.16 bits per heavy atom. The molecule has 0 aliphatic heterocycles. The van der Waals surface area contributed by atoms with Gasteiger partial charge in [-0.05, 0) is 52.5 Å². The molecule has 1 aromatic heterocycles. The van der Waals surface area contributed by atoms with Crippen molar-refractivity contribution in [3.8, 4) is 0 Å². The lowest BCUT2D eigenvalue weighted by Gasteiger charge is -2.30. The molecular weight excluding hydrogens is 318 g/mol. The van der Waals surface area contributed by atoms with E-state index in [9.17, 15) is 9.59 Å². The maximum Gasteiger partial charge on any atom is 0.407 e. The molecule has 6 nitrogen and oxygen atoms in total. The van der Waals surface area contributed by atoms with Crippen LogP contribution in [0.4, 0.5) is 4.79 Å². The number of aromatic amines is 1. The molecule has 6 heteroatoms. The third-order valence-electron chi connectivity index (χ3n) is 4.56. The Morgan fingerprint density at radius 2 is 1.80 bits per heavy atom. The van der Waals surface area contributed by atoms with Crippen molar-refractivity contribution in [3.05, 3.63) is 40.3 Å². The first kappa shape index (κ1) is 17.5. The number of fused-ring (bicyclic) bond motifs is 1. The number of carbonyl (C=O) groups is 1. The topological polar surface area (TPSA) is 84.1 Å². The van der Waals surface area contributed by atoms with Crippen LogP contribution in [0.1, 0.15) is 58.1 Å². The van der Waals surface area contributed by atoms with E-state index in [4.69, 9.17) is 4.74 Å². The molecule has 3 rings (SSSR count). The molecule has 1 heterocycles. The Bertz CT molecular complexity index is 815. The van der Waals surface area contributed by atoms with E-state index in [-0.39, 0.29) is 17.7 Å². The number of alkyl carbamates (subject to hydrolysis) is 1. The van der Waals surface area contributed by atoms with Gasteiger partial charge < -0.3 is 10.1 Å². The summed E-state index contributed by atoms with van der Waals surface area (Å²) in [6.45, 7) is 5.57. The molecule has 0 saturated heterocycles. The van der Waals surface area contributed by atoms with E-state index >= 15 is 0 Å². The summed E-state index contributed by atoms with van der Waals surface area (Å²) in [6, 6.07) is 7.71. The molecule has 25 heavy (non-hydrogen) atoms. The van der Waals surface area contributed by atoms with Crippen molar-refractivity contribution in [1.82, 2.24) is 15.5 Å². The first-order valence-corrected chi connectivity index (χ1v) is 8.80. The van der Waals surface area contributed by atoms with Crippen molar-refractivity contribution < 1.29 is 9.53 Å². The fourth-order valence-corrected chi connectivity index (χ4v) is 3.43. The summed E-state index contributed by atoms with van der Waals surface area (Å²) in [4.78, 5) is 23.8. The zero-order valence-electron chi connectivity index (χ0n) is 15.0. The second-order valence-corrected chi connectivity index (χ2v) is 7.68. The van der Waals surface area contributed by atoms with Gasteiger partial charge in [0.05, 0.1) is 11.1 Å². The van der Waals surface area contributed by atoms with Gasteiger partial charge in [0.2, 0.25) is 0 Å². The van der Waals surface area contributed by atoms with Crippen LogP contribution in [0.25, 0.3) is 10.8 Å². The van der Waals surface area contributed by atoms with Crippen molar-refractivity contribution in [2.75, 3.05) is 0 Å². The number of nitrogens with one attached hydrogen (secondary N) is 2. The van der Waals surface area contributed by atoms with Crippen molar-refractivity contribution >= 4 is 16.9 Å². The van der Waals surface area contributed by atoms with Crippen LogP contribution >= 0.6 is 0 Å². The molecule has 1 fully saturated rings. The first-order valence-electron chi connectivity index (χ1n) is 8.80. The Balaban J connectivity index is 1.66. The summed E-state index contributed by atoms with van der Waals surface area (Å²) >= 11 is 0. The third kappa shape index (κ3) is 4.18. The number of hydrogen-bond donors (Lipinski definition) is 2. The number of nitrogens with zero attached hydrogens (tertiary/aromatic N) is 1. The van der Waals surface area contributed by atoms with E-state index < -0.39 is 5.60 Å². The molecule has 0 atom stereocenters. The second kappa shape index (κ2) is 6.86. The SMILES string of the molecule is CC(C)(C)OC(=O)N[C@H]1CC[C@@H](c2n[nH]c(=O)c3ccccc32)CC1. The number of hydrogen-bond acceptors (Lipinski definition) is 4. The van der Waals surface area contributed by atoms with Crippen LogP contribution in [0, 0.1) is 0 Å². The quantitative estimate of drug-likeness (QED) is 0.874. The Kier molecular flexibility index (Phi) is 4.79. The van der Waals surface area contributed by atoms with Crippen molar-refractivity contribution in [2.24, 2.45) is 0 Å². The summed E-state index contributed by atoms with van der Waals surface area (Å²) in [5.41, 5.74) is 0.311. The zero-order chi connectivity index (χ0) is 18.0. The molecule has 0 radical (unpaired) electrons. The Hall–Kier alpha value is -2.37. The highest BCUT2D eigenvalue weighted by Crippen LogP contribution is 2.34. The normalized spacial score (nSPS) is 21.1. The zero-order valence-corrected chi connectivity index (χ0v) is 15.0. The number of benzene rings is 1. The van der Waals surface area contributed by atoms with Gasteiger partial charge in [0, 0.05) is 17.3 Å². The molecule has 0 spiro atoms. The van der Waals surface area contributed by atoms with Crippen LogP contribution in [0.2, 0.25) is 0 Å². The minimum Gasteiger partial charge on any atom is -0.444 e. The van der Waals surface area contributed by atoms with Crippen LogP contribution in [0.5, 0.6) is 0 Å². The van der Waals surface area contributed by atoms with Crippen LogP contribution < -0.4 is 10.9 Å². The molecular formula is C19H25N3O3. The highest BCUT2D eigenvalue weighted by atomic mass is 16.6. The number of carbonyl (C=O) groups excluding carboxylic acids is 1. The van der Waals surface area contributed by atoms with E-state index in [1.54, 1.807) is 0 Å². The summed E-state index contributed by atoms with van der Waals surface area (Å²) in [5, 5.41) is 11.5. The molecule has 2 N–H and O–H groups in total. The van der Waals surface area contributed by atoms with Crippen LogP contribution in [0.15, 0.2) is 29.1 Å². The van der Waals surface area contributed by atoms with E-state index in [1.807, 2.05) is 45.0 Å². The number of aromatic nitrogens is 2. The number of H-pyrrole nitrogens is 1. The molecule has 0 unspecified atom stereocenters. The van der Waals surface area contributed by atoms with Crippen LogP contribution in [-0.4, -0.2) is 27.9 Å². The van der Waals surface area contributed by atoms with Gasteiger partial charge >= 0.3 is 6.09 Å². The number of ether oxygens (including phenoxy) is 1. The van der Waals surface area contributed by atoms with Gasteiger partial charge in [-0.25, -0.2) is 9.89 Å². The molecule has 1 aliphatic rings. The van der Waals surface area contributed by atoms with Gasteiger partial charge in [0.15, 0.2) is 0 Å². The highest BCUT2D eigenvalue weighted by molar-refractivity contribution is 5.83. The lowest BCUT2D eigenvalue weighted by atomic mass is 9.83. The van der Waals surface area contributed by atoms with Gasteiger partial charge in [0.25, 0.3) is 5.56 Å². The van der Waals surface area contributed by atoms with Crippen molar-refractivity contribution in [1.29, 1.82) is 0 Å². The van der Waals surface area contributed by atoms with Crippen LogP contribution in [-0.2, 0) is 4.74 Å². The van der Waals surface area contributed by atoms with Gasteiger partial charge in [-0.15, -0.1) is 0 Å². The van der Waals surface area contributed by atoms with E-state index in [2.05, 4.69) is 15.5 Å². The maximum atomic E-state index is 11.9. The van der Waals surface area contributed by atoms with Gasteiger partial charge in [-0.2, -0.15) is 5.10 Å². The van der Waals surface area contributed by atoms with E-state index in [1.165, 1.54) is 0 Å². The molecule has 134 valence electrons. The Labute approximate surface area is 147 Å². The fraction of sp³-hybridized carbons (Fsp3) is 0.526. The fourth-order valence-electron chi connectivity index (χ4n) is 3.43. The van der Waals surface area contributed by atoms with Gasteiger partial charge in [-0.1, -0.05) is 18.2 Å². The minimum absolute atomic E-state index is 0.125. The minimum atomic E-state index is -0.486. The predicted molar refractivity (Wildman–Crippen MR) is 96.7 cm³/mol. The molecule has 0 bridgehead atoms. The highest BCUT2D eigenvalue weighted by Gasteiger charge is 2.27. The third-order valence-corrected chi connectivity index (χ3v) is 4.56. The second-order valence-electron chi connectivity index (χ2n) is 7.68. The van der Waals surface area contributed by atoms with E-state index in [0.717, 1.165) is 36.8 Å². The molecule has 2 aromatic rings. The summed E-state index contributed by atoms with van der Waals surface area (Å²) in [6.07, 6.45) is 3.23. The standard InChI is InChI=1S/C19H25N3O3/c1-19(2,3)25-18(24)20-13-10-8-12(9-11-13)16-14-6-4-5-7-15(14)17(23)22-21-16/h4-7,12-13H,8-11H2,1-3H3,(H,20,24)(H,22,23)/t12-,13+. The Morgan fingerprint density at radius 3 is 2.44 bits per heavy atom. The summed E-state index contributed by atoms with van der Waals surface area (Å²) < 4.78 is 5.32. The van der Waals surface area contributed by atoms with Crippen molar-refractivity contribution in [3.63, 3.8) is 0 Å². The lowest BCUT2D eigenvalue weighted by molar-refractivity contribution is 0.0491. The van der Waals surface area contributed by atoms with Gasteiger partial charge in [0.1, 0.15) is 5.60 Å².